The lowest BCUT2D eigenvalue weighted by Crippen LogP contribution is -2.33. The van der Waals surface area contributed by atoms with Crippen molar-refractivity contribution in [2.24, 2.45) is 0 Å². The van der Waals surface area contributed by atoms with Crippen LogP contribution in [0.3, 0.4) is 0 Å². The van der Waals surface area contributed by atoms with E-state index >= 15 is 0 Å². The van der Waals surface area contributed by atoms with Crippen LogP contribution in [0.4, 0.5) is 5.82 Å². The number of hydrogen-bond acceptors (Lipinski definition) is 10. The highest BCUT2D eigenvalue weighted by Crippen LogP contribution is 2.37. The zero-order chi connectivity index (χ0) is 32.6. The number of nitrogens with zero attached hydrogens (tertiary/aromatic N) is 5. The van der Waals surface area contributed by atoms with Crippen molar-refractivity contribution in [2.45, 2.75) is 45.3 Å². The molecule has 0 atom stereocenters. The predicted octanol–water partition coefficient (Wildman–Crippen LogP) is 4.33. The molecule has 0 radical (unpaired) electrons. The highest BCUT2D eigenvalue weighted by Gasteiger charge is 2.27. The van der Waals surface area contributed by atoms with E-state index in [9.17, 15) is 19.5 Å². The number of aromatic nitrogens is 5. The number of nitrogens with one attached hydrogen (secondary N) is 1. The van der Waals surface area contributed by atoms with E-state index < -0.39 is 17.1 Å². The number of hydrogen-bond donors (Lipinski definition) is 2. The van der Waals surface area contributed by atoms with Gasteiger partial charge >= 0.3 is 0 Å². The zero-order valence-corrected chi connectivity index (χ0v) is 25.7. The molecule has 0 unspecified atom stereocenters. The molecule has 46 heavy (non-hydrogen) atoms. The van der Waals surface area contributed by atoms with Crippen LogP contribution < -0.4 is 25.1 Å². The molecule has 13 heteroatoms. The molecule has 1 amide bonds. The summed E-state index contributed by atoms with van der Waals surface area (Å²) in [6, 6.07) is 9.77. The summed E-state index contributed by atoms with van der Waals surface area (Å²) >= 11 is 0. The number of methoxy groups -OCH3 is 2. The van der Waals surface area contributed by atoms with Crippen molar-refractivity contribution < 1.29 is 28.9 Å². The molecule has 4 aromatic heterocycles. The van der Waals surface area contributed by atoms with Crippen molar-refractivity contribution in [3.05, 3.63) is 88.4 Å². The minimum Gasteiger partial charge on any atom is -0.493 e. The van der Waals surface area contributed by atoms with Crippen molar-refractivity contribution in [3.63, 3.8) is 0 Å². The second-order valence-electron chi connectivity index (χ2n) is 11.5. The fourth-order valence-corrected chi connectivity index (χ4v) is 5.44. The maximum Gasteiger partial charge on any atom is 0.268 e. The van der Waals surface area contributed by atoms with Crippen LogP contribution in [0.2, 0.25) is 0 Å². The third-order valence-corrected chi connectivity index (χ3v) is 7.50. The molecule has 4 heterocycles. The Hall–Kier alpha value is -5.56. The predicted molar refractivity (Wildman–Crippen MR) is 169 cm³/mol. The van der Waals surface area contributed by atoms with Gasteiger partial charge in [0.05, 0.1) is 50.0 Å². The number of pyridine rings is 3. The summed E-state index contributed by atoms with van der Waals surface area (Å²) in [5, 5.41) is 17.8. The van der Waals surface area contributed by atoms with Crippen molar-refractivity contribution in [3.8, 4) is 28.7 Å². The number of ketones is 1. The molecule has 0 saturated heterocycles. The number of fused-ring (bicyclic) bond motifs is 2. The van der Waals surface area contributed by atoms with Crippen molar-refractivity contribution in [2.75, 3.05) is 19.5 Å². The van der Waals surface area contributed by atoms with Crippen LogP contribution in [0, 0.1) is 0 Å². The first-order valence-corrected chi connectivity index (χ1v) is 14.6. The number of carbonyl (C=O) groups excluding carboxylic acids is 2. The SMILES string of the molecule is COc1cc2nccc(Oc3ccc(NC(=O)c4cc5c(n(-c6cnn(CC(C)(C)O)c6)c4=O)CCCC5=O)nc3)c2cc1OC. The number of amides is 1. The lowest BCUT2D eigenvalue weighted by Gasteiger charge is -2.21. The van der Waals surface area contributed by atoms with Crippen LogP contribution >= 0.6 is 0 Å². The number of aliphatic hydroxyl groups is 1. The minimum absolute atomic E-state index is 0.146. The molecule has 0 spiro atoms. The second kappa shape index (κ2) is 12.1. The Morgan fingerprint density at radius 1 is 1.00 bits per heavy atom. The quantitative estimate of drug-likeness (QED) is 0.242. The first-order valence-electron chi connectivity index (χ1n) is 14.6. The van der Waals surface area contributed by atoms with E-state index in [1.54, 1.807) is 70.8 Å². The first-order chi connectivity index (χ1) is 22.0. The molecule has 1 aliphatic carbocycles. The number of rotatable bonds is 9. The normalized spacial score (nSPS) is 12.9. The Morgan fingerprint density at radius 2 is 1.78 bits per heavy atom. The summed E-state index contributed by atoms with van der Waals surface area (Å²) in [5.41, 5.74) is 0.0539. The second-order valence-corrected chi connectivity index (χ2v) is 11.5. The van der Waals surface area contributed by atoms with Gasteiger partial charge in [0.1, 0.15) is 22.9 Å². The molecule has 236 valence electrons. The average Bonchev–Trinajstić information content (AvgIpc) is 3.47. The van der Waals surface area contributed by atoms with E-state index in [0.29, 0.717) is 70.1 Å². The molecule has 2 N–H and O–H groups in total. The summed E-state index contributed by atoms with van der Waals surface area (Å²) in [4.78, 5) is 48.8. The Bertz CT molecular complexity index is 2030. The highest BCUT2D eigenvalue weighted by molar-refractivity contribution is 6.06. The topological polar surface area (TPSA) is 160 Å². The van der Waals surface area contributed by atoms with Gasteiger partial charge in [-0.05, 0) is 57.0 Å². The Kier molecular flexibility index (Phi) is 8.00. The number of carbonyl (C=O) groups is 2. The lowest BCUT2D eigenvalue weighted by atomic mass is 9.93. The van der Waals surface area contributed by atoms with Gasteiger partial charge in [0.15, 0.2) is 17.3 Å². The summed E-state index contributed by atoms with van der Waals surface area (Å²) in [6.07, 6.45) is 7.54. The van der Waals surface area contributed by atoms with E-state index in [4.69, 9.17) is 14.2 Å². The van der Waals surface area contributed by atoms with E-state index in [2.05, 4.69) is 20.4 Å². The smallest absolute Gasteiger partial charge is 0.268 e. The minimum atomic E-state index is -1.03. The third-order valence-electron chi connectivity index (χ3n) is 7.50. The van der Waals surface area contributed by atoms with Gasteiger partial charge < -0.3 is 24.6 Å². The highest BCUT2D eigenvalue weighted by atomic mass is 16.5. The molecule has 0 saturated carbocycles. The first kappa shape index (κ1) is 30.5. The molecule has 6 rings (SSSR count). The van der Waals surface area contributed by atoms with Crippen LogP contribution in [-0.2, 0) is 13.0 Å². The maximum atomic E-state index is 13.8. The summed E-state index contributed by atoms with van der Waals surface area (Å²) in [5.74, 6) is 1.28. The number of benzene rings is 1. The number of ether oxygens (including phenoxy) is 3. The average molecular weight is 625 g/mol. The third kappa shape index (κ3) is 6.04. The molecule has 5 aromatic rings. The zero-order valence-electron chi connectivity index (χ0n) is 25.7. The van der Waals surface area contributed by atoms with Crippen LogP contribution in [0.1, 0.15) is 53.1 Å². The molecular weight excluding hydrogens is 592 g/mol. The molecular formula is C33H32N6O7. The van der Waals surface area contributed by atoms with E-state index in [1.807, 2.05) is 0 Å². The molecule has 1 aromatic carbocycles. The van der Waals surface area contributed by atoms with Gasteiger partial charge in [0.2, 0.25) is 0 Å². The fraction of sp³-hybridized carbons (Fsp3) is 0.273. The molecule has 1 aliphatic rings. The van der Waals surface area contributed by atoms with Gasteiger partial charge in [-0.15, -0.1) is 0 Å². The summed E-state index contributed by atoms with van der Waals surface area (Å²) in [7, 11) is 3.09. The van der Waals surface area contributed by atoms with Crippen LogP contribution in [0.15, 0.2) is 66.0 Å². The van der Waals surface area contributed by atoms with Crippen LogP contribution in [-0.4, -0.2) is 60.9 Å². The van der Waals surface area contributed by atoms with Crippen molar-refractivity contribution in [1.82, 2.24) is 24.3 Å². The van der Waals surface area contributed by atoms with E-state index in [-0.39, 0.29) is 23.7 Å². The van der Waals surface area contributed by atoms with Gasteiger partial charge in [-0.1, -0.05) is 0 Å². The molecule has 0 fully saturated rings. The maximum absolute atomic E-state index is 13.8. The van der Waals surface area contributed by atoms with Crippen molar-refractivity contribution >= 4 is 28.4 Å². The Balaban J connectivity index is 1.27. The standard InChI is InChI=1S/C33H32N6O7/c1-33(2,43)18-38-17-19(15-36-38)39-25-6-5-7-26(40)22(25)12-23(32(39)42)31(41)37-30-9-8-20(16-35-30)46-27-10-11-34-24-14-29(45-4)28(44-3)13-21(24)27/h8-17,43H,5-7,18H2,1-4H3,(H,35,37,41). The Morgan fingerprint density at radius 3 is 2.50 bits per heavy atom. The molecule has 0 aliphatic heterocycles. The van der Waals surface area contributed by atoms with Gasteiger partial charge in [0, 0.05) is 41.5 Å². The monoisotopic (exact) mass is 624 g/mol. The van der Waals surface area contributed by atoms with Gasteiger partial charge in [-0.3, -0.25) is 28.6 Å². The van der Waals surface area contributed by atoms with Crippen LogP contribution in [0.25, 0.3) is 16.6 Å². The fourth-order valence-electron chi connectivity index (χ4n) is 5.44. The number of anilines is 1. The lowest BCUT2D eigenvalue weighted by molar-refractivity contribution is 0.0577. The van der Waals surface area contributed by atoms with E-state index in [1.165, 1.54) is 27.7 Å². The number of Topliss-reactive ketones (excluding diaryl/α,β-unsaturated/α-hetero) is 1. The van der Waals surface area contributed by atoms with E-state index in [0.717, 1.165) is 0 Å². The molecule has 0 bridgehead atoms. The Labute approximate surface area is 263 Å². The summed E-state index contributed by atoms with van der Waals surface area (Å²) in [6.45, 7) is 3.48. The largest absolute Gasteiger partial charge is 0.493 e. The van der Waals surface area contributed by atoms with Gasteiger partial charge in [0.25, 0.3) is 11.5 Å². The van der Waals surface area contributed by atoms with Gasteiger partial charge in [-0.2, -0.15) is 5.10 Å². The molecule has 13 nitrogen and oxygen atoms in total. The summed E-state index contributed by atoms with van der Waals surface area (Å²) < 4.78 is 19.7. The van der Waals surface area contributed by atoms with Gasteiger partial charge in [-0.25, -0.2) is 4.98 Å². The van der Waals surface area contributed by atoms with Crippen molar-refractivity contribution in [1.29, 1.82) is 0 Å². The van der Waals surface area contributed by atoms with Crippen LogP contribution in [0.5, 0.6) is 23.0 Å².